The molecule has 6 heteroatoms. The molecule has 1 aromatic carbocycles. The number of nitrogens with zero attached hydrogens (tertiary/aromatic N) is 3. The van der Waals surface area contributed by atoms with Gasteiger partial charge in [0.1, 0.15) is 5.75 Å². The van der Waals surface area contributed by atoms with Gasteiger partial charge >= 0.3 is 0 Å². The molecule has 27 heavy (non-hydrogen) atoms. The van der Waals surface area contributed by atoms with E-state index in [9.17, 15) is 5.11 Å². The number of fused-ring (bicyclic) bond motifs is 2. The number of nitrogens with one attached hydrogen (secondary N) is 1. The predicted molar refractivity (Wildman–Crippen MR) is 106 cm³/mol. The Bertz CT molecular complexity index is 943. The van der Waals surface area contributed by atoms with Gasteiger partial charge < -0.3 is 14.8 Å². The van der Waals surface area contributed by atoms with Crippen molar-refractivity contribution in [3.05, 3.63) is 46.9 Å². The molecule has 0 radical (unpaired) electrons. The average molecular weight is 368 g/mol. The Morgan fingerprint density at radius 1 is 1.30 bits per heavy atom. The molecule has 144 valence electrons. The molecular formula is C21H28N4O2. The van der Waals surface area contributed by atoms with Crippen LogP contribution in [0, 0.1) is 6.92 Å². The zero-order valence-corrected chi connectivity index (χ0v) is 16.3. The van der Waals surface area contributed by atoms with Gasteiger partial charge in [-0.15, -0.1) is 0 Å². The van der Waals surface area contributed by atoms with Crippen LogP contribution in [0.2, 0.25) is 0 Å². The van der Waals surface area contributed by atoms with Crippen LogP contribution in [-0.4, -0.2) is 38.4 Å². The van der Waals surface area contributed by atoms with Crippen LogP contribution in [-0.2, 0) is 19.6 Å². The number of methoxy groups -OCH3 is 1. The van der Waals surface area contributed by atoms with E-state index in [-0.39, 0.29) is 0 Å². The summed E-state index contributed by atoms with van der Waals surface area (Å²) in [5.41, 5.74) is 5.66. The van der Waals surface area contributed by atoms with Gasteiger partial charge in [-0.2, -0.15) is 5.10 Å². The summed E-state index contributed by atoms with van der Waals surface area (Å²) in [7, 11) is 1.70. The van der Waals surface area contributed by atoms with E-state index in [4.69, 9.17) is 4.74 Å². The van der Waals surface area contributed by atoms with Gasteiger partial charge in [-0.05, 0) is 49.6 Å². The lowest BCUT2D eigenvalue weighted by molar-refractivity contribution is 0.167. The lowest BCUT2D eigenvalue weighted by atomic mass is 10.1. The summed E-state index contributed by atoms with van der Waals surface area (Å²) in [6.45, 7) is 7.82. The lowest BCUT2D eigenvalue weighted by Crippen LogP contribution is -2.23. The first-order valence-electron chi connectivity index (χ1n) is 9.71. The van der Waals surface area contributed by atoms with Crippen LogP contribution in [0.1, 0.15) is 48.5 Å². The van der Waals surface area contributed by atoms with E-state index < -0.39 is 6.10 Å². The van der Waals surface area contributed by atoms with Crippen LogP contribution in [0.4, 0.5) is 0 Å². The van der Waals surface area contributed by atoms with Crippen molar-refractivity contribution < 1.29 is 9.84 Å². The Balaban J connectivity index is 1.57. The molecule has 1 aliphatic rings. The predicted octanol–water partition coefficient (Wildman–Crippen LogP) is 3.53. The normalized spacial score (nSPS) is 16.3. The standard InChI is InChI=1S/C21H28N4O2/c1-4-21(26)19-10-15-12-24(8-5-9-25(15)23-19)13-20-14(2)17-11-16(27-3)6-7-18(17)22-20/h6-7,10-11,21-22,26H,4-5,8-9,12-13H2,1-3H3/t21-/m1/s1. The Hall–Kier alpha value is -2.31. The molecule has 3 heterocycles. The monoisotopic (exact) mass is 368 g/mol. The Kier molecular flexibility index (Phi) is 4.93. The molecule has 0 fully saturated rings. The molecule has 2 N–H and O–H groups in total. The van der Waals surface area contributed by atoms with Crippen LogP contribution in [0.15, 0.2) is 24.3 Å². The van der Waals surface area contributed by atoms with Gasteiger partial charge in [0.05, 0.1) is 24.6 Å². The van der Waals surface area contributed by atoms with Crippen LogP contribution < -0.4 is 4.74 Å². The highest BCUT2D eigenvalue weighted by molar-refractivity contribution is 5.85. The minimum atomic E-state index is -0.469. The topological polar surface area (TPSA) is 66.3 Å². The second-order valence-corrected chi connectivity index (χ2v) is 7.41. The molecule has 0 bridgehead atoms. The molecule has 1 atom stereocenters. The summed E-state index contributed by atoms with van der Waals surface area (Å²) < 4.78 is 7.44. The number of hydrogen-bond donors (Lipinski definition) is 2. The fraction of sp³-hybridized carbons (Fsp3) is 0.476. The van der Waals surface area contributed by atoms with Gasteiger partial charge in [0.15, 0.2) is 0 Å². The highest BCUT2D eigenvalue weighted by Gasteiger charge is 2.20. The van der Waals surface area contributed by atoms with Gasteiger partial charge in [-0.3, -0.25) is 9.58 Å². The number of ether oxygens (including phenoxy) is 1. The van der Waals surface area contributed by atoms with Crippen molar-refractivity contribution in [2.45, 2.75) is 52.4 Å². The molecule has 0 saturated heterocycles. The van der Waals surface area contributed by atoms with E-state index in [1.165, 1.54) is 22.3 Å². The molecule has 6 nitrogen and oxygen atoms in total. The van der Waals surface area contributed by atoms with E-state index in [0.717, 1.165) is 49.6 Å². The summed E-state index contributed by atoms with van der Waals surface area (Å²) >= 11 is 0. The molecular weight excluding hydrogens is 340 g/mol. The minimum Gasteiger partial charge on any atom is -0.497 e. The summed E-state index contributed by atoms with van der Waals surface area (Å²) in [6.07, 6.45) is 1.28. The number of H-pyrrole nitrogens is 1. The minimum absolute atomic E-state index is 0.469. The third-order valence-electron chi connectivity index (χ3n) is 5.59. The third kappa shape index (κ3) is 3.47. The van der Waals surface area contributed by atoms with Gasteiger partial charge in [-0.25, -0.2) is 0 Å². The Morgan fingerprint density at radius 2 is 2.15 bits per heavy atom. The molecule has 2 aromatic heterocycles. The molecule has 4 rings (SSSR count). The van der Waals surface area contributed by atoms with Crippen molar-refractivity contribution in [3.8, 4) is 5.75 Å². The number of aliphatic hydroxyl groups is 1. The molecule has 0 aliphatic carbocycles. The number of rotatable bonds is 5. The molecule has 0 amide bonds. The van der Waals surface area contributed by atoms with Crippen LogP contribution in [0.25, 0.3) is 10.9 Å². The van der Waals surface area contributed by atoms with E-state index in [1.54, 1.807) is 7.11 Å². The van der Waals surface area contributed by atoms with Crippen molar-refractivity contribution in [3.63, 3.8) is 0 Å². The first kappa shape index (κ1) is 18.1. The largest absolute Gasteiger partial charge is 0.497 e. The zero-order chi connectivity index (χ0) is 19.0. The molecule has 0 unspecified atom stereocenters. The maximum atomic E-state index is 10.1. The average Bonchev–Trinajstić information content (AvgIpc) is 3.15. The van der Waals surface area contributed by atoms with Gasteiger partial charge in [0.2, 0.25) is 0 Å². The van der Waals surface area contributed by atoms with Crippen molar-refractivity contribution in [2.24, 2.45) is 0 Å². The molecule has 0 spiro atoms. The van der Waals surface area contributed by atoms with Gasteiger partial charge in [0, 0.05) is 42.8 Å². The van der Waals surface area contributed by atoms with Crippen LogP contribution in [0.5, 0.6) is 5.75 Å². The SMILES string of the molecule is CC[C@@H](O)c1cc2n(n1)CCCN(Cc1[nH]c3ccc(OC)cc3c1C)C2. The van der Waals surface area contributed by atoms with Crippen molar-refractivity contribution in [1.29, 1.82) is 0 Å². The third-order valence-corrected chi connectivity index (χ3v) is 5.59. The van der Waals surface area contributed by atoms with Crippen LogP contribution >= 0.6 is 0 Å². The fourth-order valence-corrected chi connectivity index (χ4v) is 3.93. The number of aromatic amines is 1. The summed E-state index contributed by atoms with van der Waals surface area (Å²) in [5.74, 6) is 0.886. The molecule has 0 saturated carbocycles. The number of aliphatic hydroxyl groups excluding tert-OH is 1. The zero-order valence-electron chi connectivity index (χ0n) is 16.3. The maximum absolute atomic E-state index is 10.1. The number of hydrogen-bond acceptors (Lipinski definition) is 4. The first-order chi connectivity index (χ1) is 13.1. The van der Waals surface area contributed by atoms with Crippen molar-refractivity contribution in [2.75, 3.05) is 13.7 Å². The quantitative estimate of drug-likeness (QED) is 0.723. The summed E-state index contributed by atoms with van der Waals surface area (Å²) in [4.78, 5) is 6.04. The first-order valence-corrected chi connectivity index (χ1v) is 9.71. The molecule has 1 aliphatic heterocycles. The second kappa shape index (κ2) is 7.37. The van der Waals surface area contributed by atoms with Crippen molar-refractivity contribution >= 4 is 10.9 Å². The summed E-state index contributed by atoms with van der Waals surface area (Å²) in [5, 5.41) is 15.9. The van der Waals surface area contributed by atoms with Gasteiger partial charge in [0.25, 0.3) is 0 Å². The highest BCUT2D eigenvalue weighted by Crippen LogP contribution is 2.28. The van der Waals surface area contributed by atoms with E-state index in [0.29, 0.717) is 6.42 Å². The highest BCUT2D eigenvalue weighted by atomic mass is 16.5. The second-order valence-electron chi connectivity index (χ2n) is 7.41. The fourth-order valence-electron chi connectivity index (χ4n) is 3.93. The number of aryl methyl sites for hydroxylation is 2. The van der Waals surface area contributed by atoms with E-state index >= 15 is 0 Å². The number of aromatic nitrogens is 3. The van der Waals surface area contributed by atoms with Crippen molar-refractivity contribution in [1.82, 2.24) is 19.7 Å². The van der Waals surface area contributed by atoms with E-state index in [2.05, 4.69) is 44.8 Å². The van der Waals surface area contributed by atoms with E-state index in [1.807, 2.05) is 13.0 Å². The Morgan fingerprint density at radius 3 is 2.93 bits per heavy atom. The van der Waals surface area contributed by atoms with Crippen LogP contribution in [0.3, 0.4) is 0 Å². The molecule has 3 aromatic rings. The maximum Gasteiger partial charge on any atom is 0.119 e. The summed E-state index contributed by atoms with van der Waals surface area (Å²) in [6, 6.07) is 8.24. The Labute approximate surface area is 159 Å². The smallest absolute Gasteiger partial charge is 0.119 e. The van der Waals surface area contributed by atoms with Gasteiger partial charge in [-0.1, -0.05) is 6.92 Å². The number of benzene rings is 1. The lowest BCUT2D eigenvalue weighted by Gasteiger charge is -2.19.